The van der Waals surface area contributed by atoms with E-state index in [-0.39, 0.29) is 24.3 Å². The van der Waals surface area contributed by atoms with Crippen molar-refractivity contribution in [2.75, 3.05) is 5.75 Å². The fraction of sp³-hybridized carbons (Fsp3) is 0.333. The molecule has 11 heteroatoms. The molecule has 0 aliphatic heterocycles. The highest BCUT2D eigenvalue weighted by molar-refractivity contribution is 7.80. The zero-order chi connectivity index (χ0) is 21.4. The number of carbonyl (C=O) groups is 3. The standard InChI is InChI=1S/C18H23N5O5S/c19-13(5-10-1-3-12(24)4-2-10)16(25)22-14(6-11-7-20-9-21-11)17(26)23-15(8-29)18(27)28/h1-4,7,9,13-15,24,29H,5-6,8,19H2,(H,20,21)(H,22,25)(H,23,26)(H,27,28). The van der Waals surface area contributed by atoms with Crippen molar-refractivity contribution in [2.24, 2.45) is 5.73 Å². The third kappa shape index (κ3) is 6.80. The van der Waals surface area contributed by atoms with Crippen LogP contribution in [0.2, 0.25) is 0 Å². The lowest BCUT2D eigenvalue weighted by molar-refractivity contribution is -0.141. The fourth-order valence-corrected chi connectivity index (χ4v) is 2.79. The van der Waals surface area contributed by atoms with Crippen LogP contribution in [0, 0.1) is 0 Å². The summed E-state index contributed by atoms with van der Waals surface area (Å²) in [4.78, 5) is 43.0. The van der Waals surface area contributed by atoms with Crippen LogP contribution in [0.5, 0.6) is 5.75 Å². The van der Waals surface area contributed by atoms with Crippen LogP contribution in [0.1, 0.15) is 11.3 Å². The Balaban J connectivity index is 2.06. The molecule has 1 heterocycles. The second-order valence-corrected chi connectivity index (χ2v) is 6.77. The number of carboxylic acid groups (broad SMARTS) is 1. The first-order chi connectivity index (χ1) is 13.8. The van der Waals surface area contributed by atoms with Crippen LogP contribution in [-0.2, 0) is 27.2 Å². The van der Waals surface area contributed by atoms with Crippen molar-refractivity contribution in [3.63, 3.8) is 0 Å². The number of benzene rings is 1. The van der Waals surface area contributed by atoms with Gasteiger partial charge in [-0.3, -0.25) is 9.59 Å². The van der Waals surface area contributed by atoms with Gasteiger partial charge in [-0.25, -0.2) is 9.78 Å². The highest BCUT2D eigenvalue weighted by Crippen LogP contribution is 2.11. The van der Waals surface area contributed by atoms with Gasteiger partial charge < -0.3 is 31.6 Å². The molecule has 1 aromatic heterocycles. The van der Waals surface area contributed by atoms with Gasteiger partial charge in [0.2, 0.25) is 11.8 Å². The smallest absolute Gasteiger partial charge is 0.327 e. The number of H-pyrrole nitrogens is 1. The van der Waals surface area contributed by atoms with Gasteiger partial charge in [0.05, 0.1) is 12.4 Å². The van der Waals surface area contributed by atoms with Gasteiger partial charge >= 0.3 is 5.97 Å². The number of nitrogens with two attached hydrogens (primary N) is 1. The number of amides is 2. The summed E-state index contributed by atoms with van der Waals surface area (Å²) < 4.78 is 0. The van der Waals surface area contributed by atoms with Gasteiger partial charge in [-0.2, -0.15) is 12.6 Å². The lowest BCUT2D eigenvalue weighted by Crippen LogP contribution is -2.55. The summed E-state index contributed by atoms with van der Waals surface area (Å²) in [6, 6.07) is 3.05. The number of aliphatic carboxylic acids is 1. The Kier molecular flexibility index (Phi) is 8.04. The number of phenols is 1. The second kappa shape index (κ2) is 10.5. The lowest BCUT2D eigenvalue weighted by Gasteiger charge is -2.22. The van der Waals surface area contributed by atoms with E-state index in [1.807, 2.05) is 0 Å². The van der Waals surface area contributed by atoms with Gasteiger partial charge in [-0.05, 0) is 24.1 Å². The number of aromatic amines is 1. The number of carbonyl (C=O) groups excluding carboxylic acids is 2. The molecule has 2 amide bonds. The van der Waals surface area contributed by atoms with E-state index >= 15 is 0 Å². The maximum absolute atomic E-state index is 12.6. The topological polar surface area (TPSA) is 170 Å². The number of hydrogen-bond acceptors (Lipinski definition) is 7. The van der Waals surface area contributed by atoms with Crippen LogP contribution in [0.3, 0.4) is 0 Å². The first kappa shape index (κ1) is 22.2. The Morgan fingerprint density at radius 3 is 2.31 bits per heavy atom. The summed E-state index contributed by atoms with van der Waals surface area (Å²) in [6.07, 6.45) is 3.19. The van der Waals surface area contributed by atoms with E-state index in [2.05, 4.69) is 33.2 Å². The zero-order valence-corrected chi connectivity index (χ0v) is 16.3. The number of aromatic hydroxyl groups is 1. The molecule has 0 saturated heterocycles. The summed E-state index contributed by atoms with van der Waals surface area (Å²) in [5.41, 5.74) is 7.27. The van der Waals surface area contributed by atoms with Gasteiger partial charge in [0.25, 0.3) is 0 Å². The molecule has 1 aromatic carbocycles. The number of rotatable bonds is 10. The maximum Gasteiger partial charge on any atom is 0.327 e. The minimum Gasteiger partial charge on any atom is -0.508 e. The van der Waals surface area contributed by atoms with Crippen molar-refractivity contribution in [1.82, 2.24) is 20.6 Å². The van der Waals surface area contributed by atoms with E-state index in [0.29, 0.717) is 5.69 Å². The monoisotopic (exact) mass is 421 g/mol. The Bertz CT molecular complexity index is 828. The molecule has 0 spiro atoms. The van der Waals surface area contributed by atoms with Gasteiger partial charge in [-0.1, -0.05) is 12.1 Å². The van der Waals surface area contributed by atoms with E-state index in [4.69, 9.17) is 10.8 Å². The van der Waals surface area contributed by atoms with E-state index in [1.165, 1.54) is 24.7 Å². The van der Waals surface area contributed by atoms with Crippen LogP contribution in [-0.4, -0.2) is 61.8 Å². The molecule has 2 aromatic rings. The molecule has 0 bridgehead atoms. The summed E-state index contributed by atoms with van der Waals surface area (Å²) in [5.74, 6) is -2.49. The third-order valence-electron chi connectivity index (χ3n) is 4.14. The molecule has 2 rings (SSSR count). The van der Waals surface area contributed by atoms with Crippen molar-refractivity contribution >= 4 is 30.4 Å². The highest BCUT2D eigenvalue weighted by Gasteiger charge is 2.28. The Labute approximate surface area is 172 Å². The van der Waals surface area contributed by atoms with Crippen LogP contribution in [0.25, 0.3) is 0 Å². The summed E-state index contributed by atoms with van der Waals surface area (Å²) in [7, 11) is 0. The molecule has 3 unspecified atom stereocenters. The molecule has 0 aliphatic carbocycles. The number of imidazole rings is 1. The van der Waals surface area contributed by atoms with E-state index < -0.39 is 35.9 Å². The Hall–Kier alpha value is -3.05. The first-order valence-electron chi connectivity index (χ1n) is 8.75. The first-order valence-corrected chi connectivity index (χ1v) is 9.38. The SMILES string of the molecule is NC(Cc1ccc(O)cc1)C(=O)NC(Cc1cnc[nH]1)C(=O)NC(CS)C(=O)O. The molecular formula is C18H23N5O5S. The number of carboxylic acids is 1. The van der Waals surface area contributed by atoms with Crippen LogP contribution >= 0.6 is 12.6 Å². The molecule has 29 heavy (non-hydrogen) atoms. The fourth-order valence-electron chi connectivity index (χ4n) is 2.54. The van der Waals surface area contributed by atoms with Crippen LogP contribution in [0.4, 0.5) is 0 Å². The normalized spacial score (nSPS) is 13.9. The molecular weight excluding hydrogens is 398 g/mol. The molecule has 0 radical (unpaired) electrons. The van der Waals surface area contributed by atoms with Gasteiger partial charge in [0.15, 0.2) is 0 Å². The Morgan fingerprint density at radius 2 is 1.76 bits per heavy atom. The molecule has 0 fully saturated rings. The predicted octanol–water partition coefficient (Wildman–Crippen LogP) is -0.788. The maximum atomic E-state index is 12.6. The minimum absolute atomic E-state index is 0.0718. The van der Waals surface area contributed by atoms with Crippen molar-refractivity contribution in [3.05, 3.63) is 48.0 Å². The zero-order valence-electron chi connectivity index (χ0n) is 15.4. The number of thiol groups is 1. The summed E-state index contributed by atoms with van der Waals surface area (Å²) >= 11 is 3.92. The Morgan fingerprint density at radius 1 is 1.10 bits per heavy atom. The summed E-state index contributed by atoms with van der Waals surface area (Å²) in [6.45, 7) is 0. The van der Waals surface area contributed by atoms with E-state index in [0.717, 1.165) is 5.56 Å². The van der Waals surface area contributed by atoms with Crippen molar-refractivity contribution in [3.8, 4) is 5.75 Å². The average molecular weight is 421 g/mol. The highest BCUT2D eigenvalue weighted by atomic mass is 32.1. The number of phenolic OH excluding ortho intramolecular Hbond substituents is 1. The predicted molar refractivity (Wildman–Crippen MR) is 107 cm³/mol. The number of nitrogens with zero attached hydrogens (tertiary/aromatic N) is 1. The second-order valence-electron chi connectivity index (χ2n) is 6.40. The third-order valence-corrected chi connectivity index (χ3v) is 4.50. The molecule has 156 valence electrons. The van der Waals surface area contributed by atoms with Gasteiger partial charge in [0.1, 0.15) is 17.8 Å². The lowest BCUT2D eigenvalue weighted by atomic mass is 10.0. The van der Waals surface area contributed by atoms with Crippen molar-refractivity contribution in [2.45, 2.75) is 31.0 Å². The quantitative estimate of drug-likeness (QED) is 0.246. The van der Waals surface area contributed by atoms with Crippen molar-refractivity contribution in [1.29, 1.82) is 0 Å². The molecule has 3 atom stereocenters. The molecule has 10 nitrogen and oxygen atoms in total. The number of hydrogen-bond donors (Lipinski definition) is 7. The average Bonchev–Trinajstić information content (AvgIpc) is 3.19. The van der Waals surface area contributed by atoms with Crippen LogP contribution < -0.4 is 16.4 Å². The number of nitrogens with one attached hydrogen (secondary N) is 3. The van der Waals surface area contributed by atoms with Gasteiger partial charge in [0, 0.05) is 24.1 Å². The van der Waals surface area contributed by atoms with Crippen molar-refractivity contribution < 1.29 is 24.6 Å². The van der Waals surface area contributed by atoms with Crippen LogP contribution in [0.15, 0.2) is 36.8 Å². The molecule has 0 aliphatic rings. The summed E-state index contributed by atoms with van der Waals surface area (Å²) in [5, 5.41) is 23.3. The molecule has 7 N–H and O–H groups in total. The minimum atomic E-state index is -1.23. The van der Waals surface area contributed by atoms with E-state index in [1.54, 1.807) is 12.1 Å². The largest absolute Gasteiger partial charge is 0.508 e. The van der Waals surface area contributed by atoms with E-state index in [9.17, 15) is 19.5 Å². The molecule has 0 saturated carbocycles. The van der Waals surface area contributed by atoms with Gasteiger partial charge in [-0.15, -0.1) is 0 Å². The number of aromatic nitrogens is 2.